The normalized spacial score (nSPS) is 14.9. The average molecular weight is 454 g/mol. The highest BCUT2D eigenvalue weighted by Crippen LogP contribution is 2.24. The molecule has 3 rings (SSSR count). The molecular weight excluding hydrogens is 422 g/mol. The molecule has 1 fully saturated rings. The Morgan fingerprint density at radius 3 is 2.50 bits per heavy atom. The lowest BCUT2D eigenvalue weighted by Crippen LogP contribution is -2.49. The van der Waals surface area contributed by atoms with Gasteiger partial charge in [-0.15, -0.1) is 17.9 Å². The van der Waals surface area contributed by atoms with Gasteiger partial charge in [-0.1, -0.05) is 61.2 Å². The van der Waals surface area contributed by atoms with Crippen molar-refractivity contribution in [1.29, 1.82) is 0 Å². The molecule has 1 unspecified atom stereocenters. The summed E-state index contributed by atoms with van der Waals surface area (Å²) < 4.78 is 0. The summed E-state index contributed by atoms with van der Waals surface area (Å²) in [5.74, 6) is -0.829. The van der Waals surface area contributed by atoms with Gasteiger partial charge in [0.2, 0.25) is 11.8 Å². The number of benzene rings is 1. The van der Waals surface area contributed by atoms with E-state index >= 15 is 0 Å². The van der Waals surface area contributed by atoms with Crippen molar-refractivity contribution < 1.29 is 14.4 Å². The van der Waals surface area contributed by atoms with Crippen molar-refractivity contribution in [3.8, 4) is 0 Å². The van der Waals surface area contributed by atoms with Gasteiger partial charge in [0, 0.05) is 12.6 Å². The first-order chi connectivity index (χ1) is 15.5. The van der Waals surface area contributed by atoms with E-state index < -0.39 is 6.04 Å². The third-order valence-corrected chi connectivity index (χ3v) is 6.56. The van der Waals surface area contributed by atoms with Crippen LogP contribution in [0.1, 0.15) is 58.9 Å². The second kappa shape index (κ2) is 11.6. The van der Waals surface area contributed by atoms with Crippen molar-refractivity contribution in [2.75, 3.05) is 13.1 Å². The zero-order valence-corrected chi connectivity index (χ0v) is 19.3. The highest BCUT2D eigenvalue weighted by Gasteiger charge is 2.32. The van der Waals surface area contributed by atoms with E-state index in [2.05, 4.69) is 17.2 Å². The molecule has 7 heteroatoms. The fourth-order valence-electron chi connectivity index (χ4n) is 3.99. The van der Waals surface area contributed by atoms with Gasteiger partial charge in [0.25, 0.3) is 5.91 Å². The van der Waals surface area contributed by atoms with Gasteiger partial charge in [-0.25, -0.2) is 0 Å². The second-order valence-corrected chi connectivity index (χ2v) is 9.10. The molecule has 1 aromatic heterocycles. The van der Waals surface area contributed by atoms with E-state index in [1.54, 1.807) is 18.2 Å². The molecule has 170 valence electrons. The van der Waals surface area contributed by atoms with Crippen LogP contribution >= 0.6 is 11.3 Å². The van der Waals surface area contributed by atoms with E-state index in [1.807, 2.05) is 36.6 Å². The minimum atomic E-state index is -0.790. The molecule has 2 N–H and O–H groups in total. The maximum absolute atomic E-state index is 13.4. The zero-order chi connectivity index (χ0) is 22.9. The minimum Gasteiger partial charge on any atom is -0.351 e. The predicted octanol–water partition coefficient (Wildman–Crippen LogP) is 3.99. The summed E-state index contributed by atoms with van der Waals surface area (Å²) in [6, 6.07) is 10.5. The lowest BCUT2D eigenvalue weighted by Gasteiger charge is -2.33. The van der Waals surface area contributed by atoms with Gasteiger partial charge in [-0.3, -0.25) is 14.4 Å². The van der Waals surface area contributed by atoms with Crippen LogP contribution < -0.4 is 10.6 Å². The van der Waals surface area contributed by atoms with Crippen LogP contribution in [0.4, 0.5) is 0 Å². The number of aryl methyl sites for hydroxylation is 1. The molecule has 0 spiro atoms. The Morgan fingerprint density at radius 2 is 1.88 bits per heavy atom. The number of rotatable bonds is 9. The maximum Gasteiger partial charge on any atom is 0.261 e. The molecule has 3 amide bonds. The SMILES string of the molecule is C=CCN(C(=O)CNC(=O)c1cccs1)C(C(=O)NC1CCCCC1)c1ccc(C)cc1. The molecule has 1 aromatic carbocycles. The number of amides is 3. The Hall–Kier alpha value is -2.93. The van der Waals surface area contributed by atoms with Crippen LogP contribution in [0.5, 0.6) is 0 Å². The monoisotopic (exact) mass is 453 g/mol. The van der Waals surface area contributed by atoms with Crippen molar-refractivity contribution >= 4 is 29.1 Å². The van der Waals surface area contributed by atoms with Gasteiger partial charge in [0.15, 0.2) is 0 Å². The van der Waals surface area contributed by atoms with Crippen LogP contribution in [-0.2, 0) is 9.59 Å². The summed E-state index contributed by atoms with van der Waals surface area (Å²) in [4.78, 5) is 40.9. The number of carbonyl (C=O) groups is 3. The highest BCUT2D eigenvalue weighted by atomic mass is 32.1. The standard InChI is InChI=1S/C25H31N3O3S/c1-3-15-28(22(29)17-26-24(30)21-10-7-16-32-21)23(19-13-11-18(2)12-14-19)25(31)27-20-8-5-4-6-9-20/h3,7,10-14,16,20,23H,1,4-6,8-9,15,17H2,2H3,(H,26,30)(H,27,31). The zero-order valence-electron chi connectivity index (χ0n) is 18.5. The quantitative estimate of drug-likeness (QED) is 0.564. The Kier molecular flexibility index (Phi) is 8.62. The minimum absolute atomic E-state index is 0.128. The Labute approximate surface area is 193 Å². The summed E-state index contributed by atoms with van der Waals surface area (Å²) in [5, 5.41) is 7.64. The van der Waals surface area contributed by atoms with Crippen molar-refractivity contribution in [3.63, 3.8) is 0 Å². The molecule has 6 nitrogen and oxygen atoms in total. The van der Waals surface area contributed by atoms with Crippen LogP contribution in [0.2, 0.25) is 0 Å². The first-order valence-electron chi connectivity index (χ1n) is 11.1. The fourth-order valence-corrected chi connectivity index (χ4v) is 4.63. The molecule has 1 heterocycles. The van der Waals surface area contributed by atoms with Crippen LogP contribution in [0, 0.1) is 6.92 Å². The number of nitrogens with one attached hydrogen (secondary N) is 2. The lowest BCUT2D eigenvalue weighted by atomic mass is 9.94. The number of thiophene rings is 1. The lowest BCUT2D eigenvalue weighted by molar-refractivity contribution is -0.139. The summed E-state index contributed by atoms with van der Waals surface area (Å²) in [5.41, 5.74) is 1.81. The topological polar surface area (TPSA) is 78.5 Å². The van der Waals surface area contributed by atoms with Gasteiger partial charge < -0.3 is 15.5 Å². The first-order valence-corrected chi connectivity index (χ1v) is 12.0. The third-order valence-electron chi connectivity index (χ3n) is 5.70. The fraction of sp³-hybridized carbons (Fsp3) is 0.400. The van der Waals surface area contributed by atoms with Crippen LogP contribution in [0.3, 0.4) is 0 Å². The van der Waals surface area contributed by atoms with Crippen LogP contribution in [-0.4, -0.2) is 41.8 Å². The molecular formula is C25H31N3O3S. The van der Waals surface area contributed by atoms with Gasteiger partial charge in [-0.2, -0.15) is 0 Å². The highest BCUT2D eigenvalue weighted by molar-refractivity contribution is 7.12. The third kappa shape index (κ3) is 6.29. The van der Waals surface area contributed by atoms with E-state index in [9.17, 15) is 14.4 Å². The molecule has 0 radical (unpaired) electrons. The van der Waals surface area contributed by atoms with E-state index in [0.29, 0.717) is 4.88 Å². The maximum atomic E-state index is 13.4. The van der Waals surface area contributed by atoms with E-state index in [0.717, 1.165) is 36.8 Å². The number of hydrogen-bond donors (Lipinski definition) is 2. The first kappa shape index (κ1) is 23.7. The molecule has 32 heavy (non-hydrogen) atoms. The summed E-state index contributed by atoms with van der Waals surface area (Å²) >= 11 is 1.31. The van der Waals surface area contributed by atoms with Crippen molar-refractivity contribution in [2.45, 2.75) is 51.1 Å². The largest absolute Gasteiger partial charge is 0.351 e. The number of nitrogens with zero attached hydrogens (tertiary/aromatic N) is 1. The van der Waals surface area contributed by atoms with Crippen LogP contribution in [0.15, 0.2) is 54.4 Å². The Balaban J connectivity index is 1.80. The van der Waals surface area contributed by atoms with Gasteiger partial charge in [0.1, 0.15) is 6.04 Å². The summed E-state index contributed by atoms with van der Waals surface area (Å²) in [6.45, 7) is 5.76. The molecule has 2 aromatic rings. The smallest absolute Gasteiger partial charge is 0.261 e. The van der Waals surface area contributed by atoms with E-state index in [4.69, 9.17) is 0 Å². The van der Waals surface area contributed by atoms with Gasteiger partial charge >= 0.3 is 0 Å². The number of carbonyl (C=O) groups excluding carboxylic acids is 3. The Morgan fingerprint density at radius 1 is 1.16 bits per heavy atom. The van der Waals surface area contributed by atoms with Crippen molar-refractivity contribution in [1.82, 2.24) is 15.5 Å². The van der Waals surface area contributed by atoms with Gasteiger partial charge in [-0.05, 0) is 36.8 Å². The molecule has 1 aliphatic carbocycles. The average Bonchev–Trinajstić information content (AvgIpc) is 3.34. The summed E-state index contributed by atoms with van der Waals surface area (Å²) in [7, 11) is 0. The predicted molar refractivity (Wildman–Crippen MR) is 127 cm³/mol. The Bertz CT molecular complexity index is 918. The molecule has 0 bridgehead atoms. The molecule has 1 aliphatic rings. The molecule has 0 aliphatic heterocycles. The van der Waals surface area contributed by atoms with Crippen molar-refractivity contribution in [3.05, 3.63) is 70.4 Å². The van der Waals surface area contributed by atoms with Crippen molar-refractivity contribution in [2.24, 2.45) is 0 Å². The van der Waals surface area contributed by atoms with E-state index in [-0.39, 0.29) is 36.9 Å². The van der Waals surface area contributed by atoms with E-state index in [1.165, 1.54) is 22.7 Å². The molecule has 1 saturated carbocycles. The van der Waals surface area contributed by atoms with Gasteiger partial charge in [0.05, 0.1) is 11.4 Å². The summed E-state index contributed by atoms with van der Waals surface area (Å²) in [6.07, 6.45) is 6.92. The molecule has 0 saturated heterocycles. The van der Waals surface area contributed by atoms with Crippen LogP contribution in [0.25, 0.3) is 0 Å². The number of hydrogen-bond acceptors (Lipinski definition) is 4. The second-order valence-electron chi connectivity index (χ2n) is 8.15. The molecule has 1 atom stereocenters.